The first-order valence-corrected chi connectivity index (χ1v) is 8.38. The maximum absolute atomic E-state index is 12.7. The van der Waals surface area contributed by atoms with Crippen molar-refractivity contribution in [1.29, 1.82) is 0 Å². The second-order valence-electron chi connectivity index (χ2n) is 6.00. The van der Waals surface area contributed by atoms with E-state index in [0.717, 1.165) is 23.3 Å². The molecule has 2 atom stereocenters. The van der Waals surface area contributed by atoms with Gasteiger partial charge in [-0.25, -0.2) is 0 Å². The fourth-order valence-corrected chi connectivity index (χ4v) is 3.10. The highest BCUT2D eigenvalue weighted by molar-refractivity contribution is 5.96. The number of nitrogens with one attached hydrogen (secondary N) is 1. The lowest BCUT2D eigenvalue weighted by Crippen LogP contribution is -2.50. The van der Waals surface area contributed by atoms with Gasteiger partial charge in [0.1, 0.15) is 5.75 Å². The van der Waals surface area contributed by atoms with Crippen molar-refractivity contribution in [2.45, 2.75) is 18.6 Å². The molecule has 1 N–H and O–H groups in total. The van der Waals surface area contributed by atoms with E-state index in [-0.39, 0.29) is 18.1 Å². The van der Waals surface area contributed by atoms with Crippen LogP contribution in [0.4, 0.5) is 0 Å². The van der Waals surface area contributed by atoms with Crippen molar-refractivity contribution in [2.75, 3.05) is 27.4 Å². The number of carbonyl (C=O) groups is 1. The monoisotopic (exact) mass is 341 g/mol. The number of carbonyl (C=O) groups excluding carboxylic acids is 1. The van der Waals surface area contributed by atoms with Gasteiger partial charge >= 0.3 is 0 Å². The number of para-hydroxylation sites is 1. The Hall–Kier alpha value is -2.37. The maximum Gasteiger partial charge on any atom is 0.251 e. The molecule has 0 bridgehead atoms. The van der Waals surface area contributed by atoms with E-state index >= 15 is 0 Å². The van der Waals surface area contributed by atoms with Crippen molar-refractivity contribution in [2.24, 2.45) is 0 Å². The van der Waals surface area contributed by atoms with Crippen molar-refractivity contribution in [1.82, 2.24) is 5.32 Å². The first kappa shape index (κ1) is 17.5. The van der Waals surface area contributed by atoms with E-state index in [1.807, 2.05) is 42.5 Å². The predicted octanol–water partition coefficient (Wildman–Crippen LogP) is 2.90. The Bertz CT molecular complexity index is 731. The number of methoxy groups -OCH3 is 2. The van der Waals surface area contributed by atoms with Gasteiger partial charge in [0, 0.05) is 24.8 Å². The van der Waals surface area contributed by atoms with Crippen LogP contribution >= 0.6 is 0 Å². The van der Waals surface area contributed by atoms with Gasteiger partial charge in [0.25, 0.3) is 5.91 Å². The van der Waals surface area contributed by atoms with Crippen LogP contribution in [-0.2, 0) is 9.47 Å². The third-order valence-electron chi connectivity index (χ3n) is 4.45. The predicted molar refractivity (Wildman–Crippen MR) is 95.9 cm³/mol. The van der Waals surface area contributed by atoms with Gasteiger partial charge in [-0.05, 0) is 30.2 Å². The lowest BCUT2D eigenvalue weighted by molar-refractivity contribution is -0.0349. The highest BCUT2D eigenvalue weighted by Gasteiger charge is 2.27. The molecule has 0 aromatic heterocycles. The standard InChI is InChI=1S/C20H23NO4/c1-23-18-9-4-3-8-16(18)14-6-5-7-15(12-14)20(22)21-17-13-25-11-10-19(17)24-2/h3-9,12,17,19H,10-11,13H2,1-2H3,(H,21,22)/t17-,19-/m1/s1. The van der Waals surface area contributed by atoms with Gasteiger partial charge < -0.3 is 19.5 Å². The average Bonchev–Trinajstić information content (AvgIpc) is 2.68. The van der Waals surface area contributed by atoms with E-state index in [0.29, 0.717) is 18.8 Å². The quantitative estimate of drug-likeness (QED) is 0.908. The fraction of sp³-hybridized carbons (Fsp3) is 0.350. The molecule has 5 heteroatoms. The van der Waals surface area contributed by atoms with E-state index in [9.17, 15) is 4.79 Å². The van der Waals surface area contributed by atoms with Crippen molar-refractivity contribution < 1.29 is 19.0 Å². The Morgan fingerprint density at radius 2 is 2.00 bits per heavy atom. The van der Waals surface area contributed by atoms with Gasteiger partial charge in [-0.15, -0.1) is 0 Å². The number of hydrogen-bond donors (Lipinski definition) is 1. The van der Waals surface area contributed by atoms with E-state index in [1.54, 1.807) is 20.3 Å². The minimum atomic E-state index is -0.138. The first-order valence-electron chi connectivity index (χ1n) is 8.38. The molecule has 1 saturated heterocycles. The van der Waals surface area contributed by atoms with Crippen molar-refractivity contribution in [3.63, 3.8) is 0 Å². The molecule has 25 heavy (non-hydrogen) atoms. The Balaban J connectivity index is 1.80. The largest absolute Gasteiger partial charge is 0.496 e. The fourth-order valence-electron chi connectivity index (χ4n) is 3.10. The number of amides is 1. The molecule has 3 rings (SSSR count). The molecule has 0 unspecified atom stereocenters. The molecule has 5 nitrogen and oxygen atoms in total. The average molecular weight is 341 g/mol. The number of benzene rings is 2. The normalized spacial score (nSPS) is 20.1. The molecule has 0 saturated carbocycles. The summed E-state index contributed by atoms with van der Waals surface area (Å²) in [4.78, 5) is 12.7. The van der Waals surface area contributed by atoms with Crippen LogP contribution in [0.1, 0.15) is 16.8 Å². The van der Waals surface area contributed by atoms with Gasteiger partial charge in [0.2, 0.25) is 0 Å². The first-order chi connectivity index (χ1) is 12.2. The Morgan fingerprint density at radius 3 is 2.80 bits per heavy atom. The molecule has 2 aromatic rings. The van der Waals surface area contributed by atoms with Crippen LogP contribution < -0.4 is 10.1 Å². The van der Waals surface area contributed by atoms with Crippen LogP contribution in [0, 0.1) is 0 Å². The molecular formula is C20H23NO4. The second-order valence-corrected chi connectivity index (χ2v) is 6.00. The SMILES string of the molecule is COc1ccccc1-c1cccc(C(=O)N[C@@H]2COCC[C@H]2OC)c1. The summed E-state index contributed by atoms with van der Waals surface area (Å²) in [5, 5.41) is 3.02. The van der Waals surface area contributed by atoms with Gasteiger partial charge in [0.15, 0.2) is 0 Å². The van der Waals surface area contributed by atoms with Crippen molar-refractivity contribution in [3.8, 4) is 16.9 Å². The Morgan fingerprint density at radius 1 is 1.16 bits per heavy atom. The summed E-state index contributed by atoms with van der Waals surface area (Å²) in [6.07, 6.45) is 0.762. The van der Waals surface area contributed by atoms with E-state index in [1.165, 1.54) is 0 Å². The van der Waals surface area contributed by atoms with Gasteiger partial charge in [-0.3, -0.25) is 4.79 Å². The summed E-state index contributed by atoms with van der Waals surface area (Å²) in [6, 6.07) is 15.1. The van der Waals surface area contributed by atoms with Crippen LogP contribution in [0.3, 0.4) is 0 Å². The van der Waals surface area contributed by atoms with Crippen LogP contribution in [0.15, 0.2) is 48.5 Å². The Kier molecular flexibility index (Phi) is 5.68. The molecule has 0 spiro atoms. The topological polar surface area (TPSA) is 56.8 Å². The summed E-state index contributed by atoms with van der Waals surface area (Å²) in [5.74, 6) is 0.648. The molecule has 1 fully saturated rings. The molecule has 0 radical (unpaired) electrons. The smallest absolute Gasteiger partial charge is 0.251 e. The molecule has 0 aliphatic carbocycles. The lowest BCUT2D eigenvalue weighted by atomic mass is 10.0. The molecule has 1 heterocycles. The van der Waals surface area contributed by atoms with E-state index in [2.05, 4.69) is 5.32 Å². The van der Waals surface area contributed by atoms with Gasteiger partial charge in [-0.2, -0.15) is 0 Å². The molecule has 1 amide bonds. The lowest BCUT2D eigenvalue weighted by Gasteiger charge is -2.31. The van der Waals surface area contributed by atoms with Crippen molar-refractivity contribution in [3.05, 3.63) is 54.1 Å². The summed E-state index contributed by atoms with van der Waals surface area (Å²) in [5.41, 5.74) is 2.49. The van der Waals surface area contributed by atoms with Crippen LogP contribution in [0.2, 0.25) is 0 Å². The minimum absolute atomic E-state index is 0.0184. The maximum atomic E-state index is 12.7. The third-order valence-corrected chi connectivity index (χ3v) is 4.45. The number of hydrogen-bond acceptors (Lipinski definition) is 4. The summed E-state index contributed by atoms with van der Waals surface area (Å²) in [7, 11) is 3.31. The Labute approximate surface area is 147 Å². The third kappa shape index (κ3) is 4.00. The summed E-state index contributed by atoms with van der Waals surface area (Å²) >= 11 is 0. The molecule has 1 aliphatic heterocycles. The van der Waals surface area contributed by atoms with E-state index < -0.39 is 0 Å². The van der Waals surface area contributed by atoms with Crippen LogP contribution in [-0.4, -0.2) is 45.5 Å². The van der Waals surface area contributed by atoms with E-state index in [4.69, 9.17) is 14.2 Å². The second kappa shape index (κ2) is 8.14. The van der Waals surface area contributed by atoms with Crippen LogP contribution in [0.25, 0.3) is 11.1 Å². The number of rotatable bonds is 5. The molecule has 132 valence electrons. The van der Waals surface area contributed by atoms with Gasteiger partial charge in [0.05, 0.1) is 25.9 Å². The molecule has 1 aliphatic rings. The molecule has 2 aromatic carbocycles. The summed E-state index contributed by atoms with van der Waals surface area (Å²) < 4.78 is 16.3. The van der Waals surface area contributed by atoms with Gasteiger partial charge in [-0.1, -0.05) is 30.3 Å². The molecular weight excluding hydrogens is 318 g/mol. The highest BCUT2D eigenvalue weighted by Crippen LogP contribution is 2.30. The minimum Gasteiger partial charge on any atom is -0.496 e. The van der Waals surface area contributed by atoms with Crippen molar-refractivity contribution >= 4 is 5.91 Å². The summed E-state index contributed by atoms with van der Waals surface area (Å²) in [6.45, 7) is 1.13. The number of ether oxygens (including phenoxy) is 3. The highest BCUT2D eigenvalue weighted by atomic mass is 16.5. The van der Waals surface area contributed by atoms with Crippen LogP contribution in [0.5, 0.6) is 5.75 Å². The zero-order valence-electron chi connectivity index (χ0n) is 14.5. The zero-order chi connectivity index (χ0) is 17.6. The zero-order valence-corrected chi connectivity index (χ0v) is 14.5.